The van der Waals surface area contributed by atoms with Crippen LogP contribution < -0.4 is 30.1 Å². The van der Waals surface area contributed by atoms with Crippen LogP contribution in [-0.2, 0) is 22.1 Å². The number of imide groups is 1. The maximum Gasteiger partial charge on any atom is 0.329 e. The molecule has 61 heavy (non-hydrogen) atoms. The van der Waals surface area contributed by atoms with E-state index in [-0.39, 0.29) is 64.8 Å². The van der Waals surface area contributed by atoms with E-state index in [9.17, 15) is 28.1 Å². The Kier molecular flexibility index (Phi) is 9.95. The molecule has 1 saturated carbocycles. The van der Waals surface area contributed by atoms with E-state index < -0.39 is 33.6 Å². The Morgan fingerprint density at radius 3 is 2.48 bits per heavy atom. The van der Waals surface area contributed by atoms with E-state index in [1.165, 1.54) is 30.1 Å². The SMILES string of the molecule is CCN(C)S(=O)(=O)Nc1ccc(F)c(Oc2ccc3ncn(C4CC5(C4)CN(C4CCN(c6cc7c(cc6F)c(N6CCC(=O)NC6=O)nn7C)CC4)C5)c(=O)c3c2)c1C#N. The van der Waals surface area contributed by atoms with Gasteiger partial charge >= 0.3 is 16.2 Å². The largest absolute Gasteiger partial charge is 0.453 e. The number of urea groups is 1. The molecule has 17 nitrogen and oxygen atoms in total. The molecule has 4 fully saturated rings. The summed E-state index contributed by atoms with van der Waals surface area (Å²) < 4.78 is 68.5. The molecule has 5 heterocycles. The monoisotopic (exact) mass is 855 g/mol. The molecule has 20 heteroatoms. The van der Waals surface area contributed by atoms with Crippen molar-refractivity contribution in [2.24, 2.45) is 12.5 Å². The number of nitriles is 1. The molecule has 3 amide bonds. The molecule has 4 aliphatic rings. The molecule has 0 atom stereocenters. The van der Waals surface area contributed by atoms with Gasteiger partial charge in [0.15, 0.2) is 17.4 Å². The summed E-state index contributed by atoms with van der Waals surface area (Å²) in [7, 11) is -0.900. The van der Waals surface area contributed by atoms with Crippen LogP contribution in [0.15, 0.2) is 53.6 Å². The van der Waals surface area contributed by atoms with Gasteiger partial charge in [0.05, 0.1) is 34.1 Å². The van der Waals surface area contributed by atoms with Crippen LogP contribution in [0.25, 0.3) is 21.8 Å². The van der Waals surface area contributed by atoms with Crippen LogP contribution in [0.5, 0.6) is 11.5 Å². The van der Waals surface area contributed by atoms with Crippen molar-refractivity contribution in [2.75, 3.05) is 60.8 Å². The minimum Gasteiger partial charge on any atom is -0.453 e. The summed E-state index contributed by atoms with van der Waals surface area (Å²) in [5, 5.41) is 17.5. The Balaban J connectivity index is 0.828. The predicted octanol–water partition coefficient (Wildman–Crippen LogP) is 4.59. The highest BCUT2D eigenvalue weighted by Crippen LogP contribution is 2.55. The Bertz CT molecular complexity index is 2840. The molecule has 3 aliphatic heterocycles. The number of benzene rings is 3. The van der Waals surface area contributed by atoms with Gasteiger partial charge in [-0.25, -0.2) is 18.6 Å². The zero-order valence-electron chi connectivity index (χ0n) is 33.7. The first-order chi connectivity index (χ1) is 29.2. The molecule has 5 aromatic rings. The third-order valence-electron chi connectivity index (χ3n) is 12.6. The standard InChI is InChI=1S/C41H43F2N11O6S/c1-4-49(2)61(58,59)48-33-8-6-30(42)37(29(33)20-44)60-26-5-7-32-27(15-26)39(56)54(23-45-32)25-18-41(19-25)21-52(22-41)24-9-12-51(13-10-24)35-17-34-28(16-31(35)43)38(47-50(34)3)53-14-11-36(55)46-40(53)57/h5-8,15-17,23-25,48H,4,9-14,18-19,21-22H2,1-3H3,(H,46,55,57). The van der Waals surface area contributed by atoms with Crippen molar-refractivity contribution in [1.29, 1.82) is 5.26 Å². The number of piperidine rings is 1. The normalized spacial score (nSPS) is 18.7. The molecule has 9 rings (SSSR count). The fourth-order valence-corrected chi connectivity index (χ4v) is 10.1. The number of halogens is 2. The van der Waals surface area contributed by atoms with Crippen molar-refractivity contribution in [1.82, 2.24) is 33.9 Å². The van der Waals surface area contributed by atoms with E-state index in [2.05, 4.69) is 29.9 Å². The lowest BCUT2D eigenvalue weighted by molar-refractivity contribution is -0.120. The van der Waals surface area contributed by atoms with E-state index >= 15 is 8.78 Å². The summed E-state index contributed by atoms with van der Waals surface area (Å²) in [5.74, 6) is -1.72. The summed E-state index contributed by atoms with van der Waals surface area (Å²) in [6.45, 7) is 5.15. The predicted molar refractivity (Wildman–Crippen MR) is 222 cm³/mol. The first-order valence-corrected chi connectivity index (χ1v) is 21.5. The van der Waals surface area contributed by atoms with Gasteiger partial charge < -0.3 is 9.64 Å². The van der Waals surface area contributed by atoms with E-state index in [1.54, 1.807) is 41.7 Å². The van der Waals surface area contributed by atoms with Gasteiger partial charge in [-0.3, -0.25) is 38.7 Å². The van der Waals surface area contributed by atoms with Crippen LogP contribution in [0.3, 0.4) is 0 Å². The van der Waals surface area contributed by atoms with Crippen molar-refractivity contribution in [3.05, 3.63) is 76.3 Å². The Morgan fingerprint density at radius 1 is 1.02 bits per heavy atom. The summed E-state index contributed by atoms with van der Waals surface area (Å²) in [4.78, 5) is 48.4. The molecule has 0 bridgehead atoms. The minimum atomic E-state index is -4.01. The van der Waals surface area contributed by atoms with E-state index in [0.29, 0.717) is 47.1 Å². The zero-order valence-corrected chi connectivity index (χ0v) is 34.5. The number of nitrogens with one attached hydrogen (secondary N) is 2. The fraction of sp³-hybridized carbons (Fsp3) is 0.415. The Morgan fingerprint density at radius 2 is 1.77 bits per heavy atom. The van der Waals surface area contributed by atoms with Crippen LogP contribution in [-0.4, -0.2) is 101 Å². The quantitative estimate of drug-likeness (QED) is 0.200. The van der Waals surface area contributed by atoms with E-state index in [1.807, 2.05) is 6.07 Å². The highest BCUT2D eigenvalue weighted by molar-refractivity contribution is 7.90. The van der Waals surface area contributed by atoms with Crippen LogP contribution >= 0.6 is 0 Å². The summed E-state index contributed by atoms with van der Waals surface area (Å²) >= 11 is 0. The number of hydrogen-bond acceptors (Lipinski definition) is 11. The van der Waals surface area contributed by atoms with Crippen molar-refractivity contribution in [3.8, 4) is 17.6 Å². The molecule has 318 valence electrons. The van der Waals surface area contributed by atoms with Gasteiger partial charge in [-0.05, 0) is 73.6 Å². The van der Waals surface area contributed by atoms with Crippen molar-refractivity contribution >= 4 is 61.1 Å². The van der Waals surface area contributed by atoms with Gasteiger partial charge in [-0.15, -0.1) is 0 Å². The molecule has 2 aromatic heterocycles. The number of fused-ring (bicyclic) bond motifs is 2. The number of amides is 3. The number of likely N-dealkylation sites (tertiary alicyclic amines) is 1. The molecule has 3 saturated heterocycles. The number of carbonyl (C=O) groups excluding carboxylic acids is 2. The molecule has 3 aromatic carbocycles. The third-order valence-corrected chi connectivity index (χ3v) is 14.2. The van der Waals surface area contributed by atoms with Crippen LogP contribution in [0, 0.1) is 28.4 Å². The van der Waals surface area contributed by atoms with Gasteiger partial charge in [0, 0.05) is 77.3 Å². The van der Waals surface area contributed by atoms with Crippen LogP contribution in [0.2, 0.25) is 0 Å². The molecule has 1 spiro atoms. The lowest BCUT2D eigenvalue weighted by atomic mass is 9.60. The highest BCUT2D eigenvalue weighted by Gasteiger charge is 2.54. The summed E-state index contributed by atoms with van der Waals surface area (Å²) in [6, 6.07) is 11.4. The fourth-order valence-electron chi connectivity index (χ4n) is 9.19. The van der Waals surface area contributed by atoms with Gasteiger partial charge in [-0.1, -0.05) is 6.92 Å². The number of hydrogen-bond donors (Lipinski definition) is 2. The number of nitrogens with zero attached hydrogens (tertiary/aromatic N) is 9. The van der Waals surface area contributed by atoms with Crippen molar-refractivity contribution < 1.29 is 31.5 Å². The second-order valence-electron chi connectivity index (χ2n) is 16.4. The van der Waals surface area contributed by atoms with E-state index in [0.717, 1.165) is 55.2 Å². The number of aromatic nitrogens is 4. The second-order valence-corrected chi connectivity index (χ2v) is 18.2. The Labute approximate surface area is 349 Å². The average molecular weight is 856 g/mol. The first-order valence-electron chi connectivity index (χ1n) is 20.1. The Hall–Kier alpha value is -6.17. The zero-order chi connectivity index (χ0) is 43.0. The molecule has 0 radical (unpaired) electrons. The summed E-state index contributed by atoms with van der Waals surface area (Å²) in [5.41, 5.74) is 0.915. The van der Waals surface area contributed by atoms with Crippen LogP contribution in [0.4, 0.5) is 30.8 Å². The molecule has 1 aliphatic carbocycles. The van der Waals surface area contributed by atoms with Gasteiger partial charge in [0.25, 0.3) is 5.56 Å². The maximum atomic E-state index is 15.7. The van der Waals surface area contributed by atoms with Crippen molar-refractivity contribution in [3.63, 3.8) is 0 Å². The maximum absolute atomic E-state index is 15.7. The van der Waals surface area contributed by atoms with E-state index in [4.69, 9.17) is 4.74 Å². The number of ether oxygens (including phenoxy) is 1. The molecule has 2 N–H and O–H groups in total. The first kappa shape index (κ1) is 40.2. The molecular formula is C41H43F2N11O6S. The molecule has 0 unspecified atom stereocenters. The number of aryl methyl sites for hydroxylation is 1. The van der Waals surface area contributed by atoms with Crippen LogP contribution in [0.1, 0.15) is 50.6 Å². The van der Waals surface area contributed by atoms with Gasteiger partial charge in [-0.2, -0.15) is 23.1 Å². The third kappa shape index (κ3) is 7.09. The minimum absolute atomic E-state index is 0.0521. The lowest BCUT2D eigenvalue weighted by Crippen LogP contribution is -2.66. The summed E-state index contributed by atoms with van der Waals surface area (Å²) in [6.07, 6.45) is 5.05. The lowest BCUT2D eigenvalue weighted by Gasteiger charge is -2.61. The highest BCUT2D eigenvalue weighted by atomic mass is 32.2. The topological polar surface area (TPSA) is 191 Å². The molecular weight excluding hydrogens is 813 g/mol. The second kappa shape index (κ2) is 15.1. The number of carbonyl (C=O) groups is 2. The van der Waals surface area contributed by atoms with Gasteiger partial charge in [0.1, 0.15) is 23.2 Å². The smallest absolute Gasteiger partial charge is 0.329 e. The number of anilines is 3. The van der Waals surface area contributed by atoms with Gasteiger partial charge in [0.2, 0.25) is 5.91 Å². The number of rotatable bonds is 10. The van der Waals surface area contributed by atoms with Crippen molar-refractivity contribution in [2.45, 2.75) is 51.1 Å². The average Bonchev–Trinajstić information content (AvgIpc) is 3.52.